The molecule has 1 fully saturated rings. The van der Waals surface area contributed by atoms with Gasteiger partial charge in [0.05, 0.1) is 19.4 Å². The third-order valence-electron chi connectivity index (χ3n) is 3.94. The molecule has 0 amide bonds. The number of hydrogen-bond donors (Lipinski definition) is 2. The highest BCUT2D eigenvalue weighted by atomic mass is 32.1. The highest BCUT2D eigenvalue weighted by molar-refractivity contribution is 7.80. The quantitative estimate of drug-likeness (QED) is 0.491. The number of nitrogens with zero attached hydrogens (tertiary/aromatic N) is 2. The Hall–Kier alpha value is -2.44. The Balaban J connectivity index is 1.44. The van der Waals surface area contributed by atoms with E-state index in [0.29, 0.717) is 11.7 Å². The first-order valence-electron chi connectivity index (χ1n) is 8.35. The zero-order chi connectivity index (χ0) is 17.3. The molecule has 6 heteroatoms. The number of rotatable bonds is 5. The summed E-state index contributed by atoms with van der Waals surface area (Å²) in [5.41, 5.74) is 6.26. The van der Waals surface area contributed by atoms with Gasteiger partial charge in [0.25, 0.3) is 0 Å². The van der Waals surface area contributed by atoms with Crippen LogP contribution in [0.15, 0.2) is 59.7 Å². The van der Waals surface area contributed by atoms with Gasteiger partial charge in [-0.05, 0) is 35.5 Å². The highest BCUT2D eigenvalue weighted by Crippen LogP contribution is 2.15. The van der Waals surface area contributed by atoms with Gasteiger partial charge in [0.2, 0.25) is 0 Å². The van der Waals surface area contributed by atoms with Crippen molar-refractivity contribution in [2.75, 3.05) is 31.2 Å². The molecule has 0 radical (unpaired) electrons. The third kappa shape index (κ3) is 5.55. The summed E-state index contributed by atoms with van der Waals surface area (Å²) in [5.74, 6) is 0. The minimum atomic E-state index is 0.505. The lowest BCUT2D eigenvalue weighted by Crippen LogP contribution is -2.36. The molecule has 0 unspecified atom stereocenters. The summed E-state index contributed by atoms with van der Waals surface area (Å²) in [5, 5.41) is 7.81. The maximum absolute atomic E-state index is 5.38. The Morgan fingerprint density at radius 2 is 1.80 bits per heavy atom. The van der Waals surface area contributed by atoms with Crippen molar-refractivity contribution in [2.24, 2.45) is 5.10 Å². The van der Waals surface area contributed by atoms with E-state index in [2.05, 4.69) is 57.1 Å². The lowest BCUT2D eigenvalue weighted by molar-refractivity contribution is 0.122. The molecular formula is C19H22N4OS. The van der Waals surface area contributed by atoms with Crippen molar-refractivity contribution >= 4 is 29.2 Å². The Morgan fingerprint density at radius 3 is 2.52 bits per heavy atom. The number of hydrogen-bond acceptors (Lipinski definition) is 4. The molecule has 1 saturated heterocycles. The standard InChI is InChI=1S/C19H22N4OS/c25-19(20-14-16-4-2-1-3-5-16)22-21-15-17-6-8-18(9-7-17)23-10-12-24-13-11-23/h1-9,15H,10-14H2,(H2,20,22,25). The summed E-state index contributed by atoms with van der Waals surface area (Å²) in [6.07, 6.45) is 1.76. The summed E-state index contributed by atoms with van der Waals surface area (Å²) < 4.78 is 5.38. The van der Waals surface area contributed by atoms with Crippen LogP contribution in [0.1, 0.15) is 11.1 Å². The van der Waals surface area contributed by atoms with Gasteiger partial charge in [0.1, 0.15) is 0 Å². The van der Waals surface area contributed by atoms with Crippen LogP contribution < -0.4 is 15.6 Å². The molecule has 2 aromatic carbocycles. The summed E-state index contributed by atoms with van der Waals surface area (Å²) in [6.45, 7) is 4.14. The molecule has 0 spiro atoms. The first-order valence-corrected chi connectivity index (χ1v) is 8.76. The van der Waals surface area contributed by atoms with Crippen LogP contribution in [0.3, 0.4) is 0 Å². The molecule has 0 bridgehead atoms. The van der Waals surface area contributed by atoms with Gasteiger partial charge < -0.3 is 15.0 Å². The van der Waals surface area contributed by atoms with Gasteiger partial charge in [-0.25, -0.2) is 0 Å². The van der Waals surface area contributed by atoms with E-state index in [-0.39, 0.29) is 0 Å². The van der Waals surface area contributed by atoms with Crippen LogP contribution >= 0.6 is 12.2 Å². The van der Waals surface area contributed by atoms with Gasteiger partial charge in [0.15, 0.2) is 5.11 Å². The number of nitrogens with one attached hydrogen (secondary N) is 2. The Labute approximate surface area is 153 Å². The molecule has 2 N–H and O–H groups in total. The van der Waals surface area contributed by atoms with Gasteiger partial charge in [-0.1, -0.05) is 42.5 Å². The van der Waals surface area contributed by atoms with E-state index < -0.39 is 0 Å². The summed E-state index contributed by atoms with van der Waals surface area (Å²) >= 11 is 5.22. The second kappa shape index (κ2) is 9.15. The van der Waals surface area contributed by atoms with Gasteiger partial charge in [-0.2, -0.15) is 5.10 Å². The van der Waals surface area contributed by atoms with Crippen LogP contribution in [0.4, 0.5) is 5.69 Å². The summed E-state index contributed by atoms with van der Waals surface area (Å²) in [4.78, 5) is 2.32. The molecule has 2 aromatic rings. The predicted molar refractivity (Wildman–Crippen MR) is 106 cm³/mol. The number of hydrazone groups is 1. The molecule has 3 rings (SSSR count). The van der Waals surface area contributed by atoms with E-state index in [4.69, 9.17) is 17.0 Å². The smallest absolute Gasteiger partial charge is 0.187 e. The number of morpholine rings is 1. The van der Waals surface area contributed by atoms with E-state index in [1.807, 2.05) is 18.2 Å². The van der Waals surface area contributed by atoms with Crippen molar-refractivity contribution in [3.05, 3.63) is 65.7 Å². The maximum atomic E-state index is 5.38. The molecule has 1 aliphatic rings. The van der Waals surface area contributed by atoms with E-state index in [1.165, 1.54) is 11.3 Å². The second-order valence-corrected chi connectivity index (χ2v) is 6.14. The zero-order valence-electron chi connectivity index (χ0n) is 14.0. The monoisotopic (exact) mass is 354 g/mol. The Bertz CT molecular complexity index is 697. The highest BCUT2D eigenvalue weighted by Gasteiger charge is 2.10. The van der Waals surface area contributed by atoms with Crippen LogP contribution in [0.25, 0.3) is 0 Å². The van der Waals surface area contributed by atoms with Gasteiger partial charge >= 0.3 is 0 Å². The molecule has 0 saturated carbocycles. The van der Waals surface area contributed by atoms with Gasteiger partial charge in [-0.3, -0.25) is 5.43 Å². The fourth-order valence-corrected chi connectivity index (χ4v) is 2.70. The van der Waals surface area contributed by atoms with Crippen molar-refractivity contribution in [3.63, 3.8) is 0 Å². The lowest BCUT2D eigenvalue weighted by atomic mass is 10.2. The Kier molecular flexibility index (Phi) is 6.36. The molecule has 5 nitrogen and oxygen atoms in total. The minimum absolute atomic E-state index is 0.505. The van der Waals surface area contributed by atoms with Crippen LogP contribution in [-0.4, -0.2) is 37.6 Å². The maximum Gasteiger partial charge on any atom is 0.187 e. The van der Waals surface area contributed by atoms with E-state index >= 15 is 0 Å². The average molecular weight is 354 g/mol. The predicted octanol–water partition coefficient (Wildman–Crippen LogP) is 2.52. The molecule has 0 atom stereocenters. The molecule has 0 aliphatic carbocycles. The molecule has 25 heavy (non-hydrogen) atoms. The van der Waals surface area contributed by atoms with Crippen molar-refractivity contribution in [1.82, 2.24) is 10.7 Å². The SMILES string of the molecule is S=C(NCc1ccccc1)NN=Cc1ccc(N2CCOCC2)cc1. The van der Waals surface area contributed by atoms with Crippen molar-refractivity contribution in [2.45, 2.75) is 6.54 Å². The molecule has 0 aromatic heterocycles. The number of benzene rings is 2. The number of anilines is 1. The minimum Gasteiger partial charge on any atom is -0.378 e. The van der Waals surface area contributed by atoms with Crippen molar-refractivity contribution in [1.29, 1.82) is 0 Å². The van der Waals surface area contributed by atoms with E-state index in [1.54, 1.807) is 6.21 Å². The largest absolute Gasteiger partial charge is 0.378 e. The molecular weight excluding hydrogens is 332 g/mol. The molecule has 130 valence electrons. The molecule has 1 heterocycles. The topological polar surface area (TPSA) is 48.9 Å². The average Bonchev–Trinajstić information content (AvgIpc) is 2.68. The fourth-order valence-electron chi connectivity index (χ4n) is 2.58. The fraction of sp³-hybridized carbons (Fsp3) is 0.263. The Morgan fingerprint density at radius 1 is 1.08 bits per heavy atom. The van der Waals surface area contributed by atoms with Crippen molar-refractivity contribution in [3.8, 4) is 0 Å². The number of ether oxygens (including phenoxy) is 1. The van der Waals surface area contributed by atoms with E-state index in [0.717, 1.165) is 31.9 Å². The van der Waals surface area contributed by atoms with Gasteiger partial charge in [0, 0.05) is 25.3 Å². The normalized spacial score (nSPS) is 14.5. The first kappa shape index (κ1) is 17.4. The van der Waals surface area contributed by atoms with Crippen molar-refractivity contribution < 1.29 is 4.74 Å². The first-order chi connectivity index (χ1) is 12.3. The van der Waals surface area contributed by atoms with Gasteiger partial charge in [-0.15, -0.1) is 0 Å². The van der Waals surface area contributed by atoms with Crippen LogP contribution in [0.5, 0.6) is 0 Å². The number of thiocarbonyl (C=S) groups is 1. The van der Waals surface area contributed by atoms with E-state index in [9.17, 15) is 0 Å². The lowest BCUT2D eigenvalue weighted by Gasteiger charge is -2.28. The molecule has 1 aliphatic heterocycles. The van der Waals surface area contributed by atoms with Crippen LogP contribution in [0, 0.1) is 0 Å². The summed E-state index contributed by atoms with van der Waals surface area (Å²) in [7, 11) is 0. The summed E-state index contributed by atoms with van der Waals surface area (Å²) in [6, 6.07) is 18.4. The second-order valence-electron chi connectivity index (χ2n) is 5.73. The van der Waals surface area contributed by atoms with Crippen LogP contribution in [-0.2, 0) is 11.3 Å². The third-order valence-corrected chi connectivity index (χ3v) is 4.18. The zero-order valence-corrected chi connectivity index (χ0v) is 14.8. The van der Waals surface area contributed by atoms with Crippen LogP contribution in [0.2, 0.25) is 0 Å².